The van der Waals surface area contributed by atoms with Crippen LogP contribution in [0.1, 0.15) is 19.3 Å². The fourth-order valence-corrected chi connectivity index (χ4v) is 13.0. The quantitative estimate of drug-likeness (QED) is 0.0853. The third-order valence-corrected chi connectivity index (χ3v) is 11.8. The summed E-state index contributed by atoms with van der Waals surface area (Å²) in [5.41, 5.74) is -5.72. The summed E-state index contributed by atoms with van der Waals surface area (Å²) >= 11 is 11.6. The summed E-state index contributed by atoms with van der Waals surface area (Å²) in [5, 5.41) is 0. The normalized spacial score (nSPS) is 19.2. The summed E-state index contributed by atoms with van der Waals surface area (Å²) in [6, 6.07) is 6.65. The van der Waals surface area contributed by atoms with Gasteiger partial charge >= 0.3 is 35.9 Å². The summed E-state index contributed by atoms with van der Waals surface area (Å²) in [7, 11) is -6.28. The van der Waals surface area contributed by atoms with E-state index in [9.17, 15) is 53.7 Å². The number of esters is 3. The lowest BCUT2D eigenvalue weighted by Crippen LogP contribution is -2.64. The number of halogens is 12. The topological polar surface area (TPSA) is 136 Å². The minimum Gasteiger partial charge on any atom is -0.748 e. The maximum absolute atomic E-state index is 13.9. The number of hydrogen-bond donors (Lipinski definition) is 0. The highest BCUT2D eigenvalue weighted by Gasteiger charge is 2.75. The van der Waals surface area contributed by atoms with E-state index in [-0.39, 0.29) is 17.9 Å². The molecule has 0 aromatic heterocycles. The molecular weight excluding hydrogens is 1350 g/mol. The molecule has 1 fully saturated rings. The molecular formula is C25H15F6I6O9S-. The molecule has 1 aliphatic carbocycles. The zero-order valence-corrected chi connectivity index (χ0v) is 36.2. The van der Waals surface area contributed by atoms with Gasteiger partial charge in [-0.2, -0.15) is 26.3 Å². The molecule has 3 rings (SSSR count). The predicted molar refractivity (Wildman–Crippen MR) is 200 cm³/mol. The molecule has 0 N–H and O–H groups in total. The summed E-state index contributed by atoms with van der Waals surface area (Å²) < 4.78 is 135. The van der Waals surface area contributed by atoms with E-state index in [0.717, 1.165) is 7.14 Å². The van der Waals surface area contributed by atoms with Gasteiger partial charge in [0.15, 0.2) is 11.5 Å². The molecule has 0 radical (unpaired) electrons. The van der Waals surface area contributed by atoms with Gasteiger partial charge in [0, 0.05) is 7.14 Å². The van der Waals surface area contributed by atoms with Crippen LogP contribution in [-0.2, 0) is 29.2 Å². The van der Waals surface area contributed by atoms with Gasteiger partial charge in [-0.1, -0.05) is 0 Å². The van der Waals surface area contributed by atoms with Crippen molar-refractivity contribution >= 4 is 164 Å². The fraction of sp³-hybridized carbons (Fsp3) is 0.400. The first-order valence-electron chi connectivity index (χ1n) is 12.4. The molecule has 0 amide bonds. The van der Waals surface area contributed by atoms with E-state index in [2.05, 4.69) is 4.74 Å². The predicted octanol–water partition coefficient (Wildman–Crippen LogP) is 7.81. The molecule has 1 saturated carbocycles. The second-order valence-corrected chi connectivity index (χ2v) is 18.5. The maximum Gasteiger partial charge on any atom is 0.438 e. The van der Waals surface area contributed by atoms with Gasteiger partial charge in [0.2, 0.25) is 0 Å². The molecule has 9 nitrogen and oxygen atoms in total. The average Bonchev–Trinajstić information content (AvgIpc) is 2.89. The minimum absolute atomic E-state index is 0.0947. The Bertz CT molecular complexity index is 1550. The van der Waals surface area contributed by atoms with Crippen LogP contribution >= 0.6 is 136 Å². The van der Waals surface area contributed by atoms with Crippen molar-refractivity contribution in [3.05, 3.63) is 45.7 Å². The van der Waals surface area contributed by atoms with Gasteiger partial charge < -0.3 is 18.8 Å². The largest absolute Gasteiger partial charge is 0.748 e. The molecule has 1 aliphatic rings. The molecule has 2 aromatic carbocycles. The lowest BCUT2D eigenvalue weighted by Gasteiger charge is -2.39. The number of hydrogen-bond acceptors (Lipinski definition) is 9. The monoisotopic (exact) mass is 1370 g/mol. The Morgan fingerprint density at radius 2 is 0.957 bits per heavy atom. The number of rotatable bonds is 8. The fourth-order valence-electron chi connectivity index (χ4n) is 4.49. The second kappa shape index (κ2) is 16.2. The van der Waals surface area contributed by atoms with Crippen molar-refractivity contribution in [1.29, 1.82) is 0 Å². The smallest absolute Gasteiger partial charge is 0.438 e. The molecule has 0 spiro atoms. The van der Waals surface area contributed by atoms with Crippen molar-refractivity contribution in [1.82, 2.24) is 0 Å². The first-order valence-corrected chi connectivity index (χ1v) is 20.4. The highest BCUT2D eigenvalue weighted by Crippen LogP contribution is 2.48. The minimum atomic E-state index is -6.60. The molecule has 0 aliphatic heterocycles. The van der Waals surface area contributed by atoms with Crippen molar-refractivity contribution in [2.75, 3.05) is 5.75 Å². The van der Waals surface area contributed by atoms with Crippen LogP contribution in [0.4, 0.5) is 26.3 Å². The number of benzene rings is 2. The van der Waals surface area contributed by atoms with Gasteiger partial charge in [-0.05, 0) is 179 Å². The van der Waals surface area contributed by atoms with Gasteiger partial charge in [0.1, 0.15) is 0 Å². The third-order valence-electron chi connectivity index (χ3n) is 6.61. The molecule has 0 bridgehead atoms. The standard InChI is InChI=1S/C25H16F6I6O9S/c26-24(27,28)23(25(29,30)31,8-47(41,42)43)46-22(40)11-2-9(20(38)44-18-14(34)4-12(32)5-15(18)35)1-10(3-11)21(39)45-19-16(36)6-13(33)7-17(19)37/h4-7,9-11H,1-3,8H2,(H,41,42,43)/p-1. The molecule has 22 heteroatoms. The molecule has 0 saturated heterocycles. The zero-order valence-electron chi connectivity index (χ0n) is 22.5. The Balaban J connectivity index is 2.03. The van der Waals surface area contributed by atoms with E-state index in [0.29, 0.717) is 14.3 Å². The van der Waals surface area contributed by atoms with Crippen molar-refractivity contribution < 1.29 is 67.9 Å². The number of carbonyl (C=O) groups excluding carboxylic acids is 3. The molecule has 47 heavy (non-hydrogen) atoms. The maximum atomic E-state index is 13.9. The Labute approximate surface area is 344 Å². The summed E-state index contributed by atoms with van der Waals surface area (Å²) in [6.45, 7) is 0. The second-order valence-electron chi connectivity index (χ2n) is 9.98. The Morgan fingerprint density at radius 1 is 0.660 bits per heavy atom. The third kappa shape index (κ3) is 10.6. The Morgan fingerprint density at radius 3 is 1.23 bits per heavy atom. The van der Waals surface area contributed by atoms with E-state index in [1.165, 1.54) is 0 Å². The number of alkyl halides is 6. The Kier molecular flexibility index (Phi) is 14.5. The van der Waals surface area contributed by atoms with Crippen LogP contribution in [0, 0.1) is 39.2 Å². The van der Waals surface area contributed by atoms with Crippen LogP contribution in [0.2, 0.25) is 0 Å². The van der Waals surface area contributed by atoms with E-state index in [1.807, 2.05) is 136 Å². The van der Waals surface area contributed by atoms with Crippen molar-refractivity contribution in [3.63, 3.8) is 0 Å². The number of ether oxygens (including phenoxy) is 3. The van der Waals surface area contributed by atoms with Gasteiger partial charge in [0.05, 0.1) is 47.9 Å². The van der Waals surface area contributed by atoms with Crippen LogP contribution in [0.15, 0.2) is 24.3 Å². The highest BCUT2D eigenvalue weighted by atomic mass is 127. The number of carbonyl (C=O) groups is 3. The van der Waals surface area contributed by atoms with Gasteiger partial charge in [-0.25, -0.2) is 8.42 Å². The Hall–Kier alpha value is 0.720. The zero-order chi connectivity index (χ0) is 35.9. The van der Waals surface area contributed by atoms with Crippen molar-refractivity contribution in [2.45, 2.75) is 37.2 Å². The van der Waals surface area contributed by atoms with E-state index < -0.39 is 82.3 Å². The van der Waals surface area contributed by atoms with Crippen molar-refractivity contribution in [2.24, 2.45) is 17.8 Å². The lowest BCUT2D eigenvalue weighted by atomic mass is 9.75. The van der Waals surface area contributed by atoms with Gasteiger partial charge in [-0.3, -0.25) is 14.4 Å². The summed E-state index contributed by atoms with van der Waals surface area (Å²) in [4.78, 5) is 39.8. The summed E-state index contributed by atoms with van der Waals surface area (Å²) in [6.07, 6.45) is -15.0. The molecule has 2 unspecified atom stereocenters. The lowest BCUT2D eigenvalue weighted by molar-refractivity contribution is -0.362. The molecule has 2 aromatic rings. The van der Waals surface area contributed by atoms with Crippen LogP contribution in [0.25, 0.3) is 0 Å². The van der Waals surface area contributed by atoms with E-state index in [1.54, 1.807) is 24.3 Å². The van der Waals surface area contributed by atoms with Gasteiger partial charge in [0.25, 0.3) is 0 Å². The van der Waals surface area contributed by atoms with Crippen molar-refractivity contribution in [3.8, 4) is 11.5 Å². The molecule has 260 valence electrons. The first-order chi connectivity index (χ1) is 21.3. The van der Waals surface area contributed by atoms with Crippen LogP contribution < -0.4 is 9.47 Å². The SMILES string of the molecule is O=C(Oc1c(I)cc(I)cc1I)C1CC(C(=O)Oc2c(I)cc(I)cc2I)CC(C(=O)OC(CS(=O)(=O)[O-])(C(F)(F)F)C(F)(F)F)C1. The molecule has 2 atom stereocenters. The van der Waals surface area contributed by atoms with E-state index >= 15 is 0 Å². The average molecular weight is 1370 g/mol. The van der Waals surface area contributed by atoms with Crippen LogP contribution in [0.5, 0.6) is 11.5 Å². The first kappa shape index (κ1) is 42.1. The highest BCUT2D eigenvalue weighted by molar-refractivity contribution is 14.1. The van der Waals surface area contributed by atoms with E-state index in [4.69, 9.17) is 9.47 Å². The molecule has 0 heterocycles. The van der Waals surface area contributed by atoms with Crippen LogP contribution in [-0.4, -0.2) is 54.6 Å². The van der Waals surface area contributed by atoms with Gasteiger partial charge in [-0.15, -0.1) is 0 Å². The summed E-state index contributed by atoms with van der Waals surface area (Å²) in [5.74, 6) is -12.2. The van der Waals surface area contributed by atoms with Crippen LogP contribution in [0.3, 0.4) is 0 Å².